The largest absolute Gasteiger partial charge is 0.0654 e. The Labute approximate surface area is 155 Å². The van der Waals surface area contributed by atoms with Gasteiger partial charge in [0.05, 0.1) is 0 Å². The molecule has 0 aliphatic carbocycles. The standard InChI is InChI=1S/C24H50/c1-6-7-8-9-10-11-12-13-14-15-16-17-18-19-24(20-22(2)3)21-23(4)5/h22-24H,6-21H2,1-5H3. The molecule has 0 aromatic carbocycles. The van der Waals surface area contributed by atoms with Gasteiger partial charge in [0.2, 0.25) is 0 Å². The van der Waals surface area contributed by atoms with Gasteiger partial charge in [-0.1, -0.05) is 125 Å². The van der Waals surface area contributed by atoms with Gasteiger partial charge in [-0.25, -0.2) is 0 Å². The Kier molecular flexibility index (Phi) is 17.8. The first-order valence-electron chi connectivity index (χ1n) is 11.6. The molecule has 0 heterocycles. The van der Waals surface area contributed by atoms with Gasteiger partial charge in [-0.15, -0.1) is 0 Å². The summed E-state index contributed by atoms with van der Waals surface area (Å²) in [5, 5.41) is 0. The summed E-state index contributed by atoms with van der Waals surface area (Å²) >= 11 is 0. The van der Waals surface area contributed by atoms with Crippen LogP contribution in [0.3, 0.4) is 0 Å². The summed E-state index contributed by atoms with van der Waals surface area (Å²) in [5.41, 5.74) is 0. The molecular weight excluding hydrogens is 288 g/mol. The van der Waals surface area contributed by atoms with Gasteiger partial charge in [-0.05, 0) is 30.6 Å². The van der Waals surface area contributed by atoms with Crippen LogP contribution in [0.2, 0.25) is 0 Å². The normalized spacial score (nSPS) is 12.0. The van der Waals surface area contributed by atoms with Crippen LogP contribution >= 0.6 is 0 Å². The van der Waals surface area contributed by atoms with Crippen LogP contribution < -0.4 is 0 Å². The van der Waals surface area contributed by atoms with Crippen molar-refractivity contribution in [1.82, 2.24) is 0 Å². The molecule has 0 bridgehead atoms. The average molecular weight is 339 g/mol. The van der Waals surface area contributed by atoms with Gasteiger partial charge in [0.15, 0.2) is 0 Å². The van der Waals surface area contributed by atoms with Crippen LogP contribution in [0, 0.1) is 17.8 Å². The first kappa shape index (κ1) is 24.0. The minimum Gasteiger partial charge on any atom is -0.0654 e. The first-order chi connectivity index (χ1) is 11.6. The molecule has 24 heavy (non-hydrogen) atoms. The van der Waals surface area contributed by atoms with Gasteiger partial charge in [0, 0.05) is 0 Å². The highest BCUT2D eigenvalue weighted by Crippen LogP contribution is 2.25. The van der Waals surface area contributed by atoms with Crippen LogP contribution in [0.4, 0.5) is 0 Å². The van der Waals surface area contributed by atoms with E-state index < -0.39 is 0 Å². The highest BCUT2D eigenvalue weighted by atomic mass is 14.2. The zero-order valence-electron chi connectivity index (χ0n) is 18.0. The zero-order valence-corrected chi connectivity index (χ0v) is 18.0. The molecule has 0 saturated heterocycles. The van der Waals surface area contributed by atoms with Gasteiger partial charge in [0.25, 0.3) is 0 Å². The summed E-state index contributed by atoms with van der Waals surface area (Å²) in [5.74, 6) is 2.73. The molecule has 0 N–H and O–H groups in total. The van der Waals surface area contributed by atoms with E-state index in [-0.39, 0.29) is 0 Å². The molecule has 0 aromatic rings. The van der Waals surface area contributed by atoms with E-state index >= 15 is 0 Å². The number of hydrogen-bond donors (Lipinski definition) is 0. The van der Waals surface area contributed by atoms with E-state index in [1.165, 1.54) is 103 Å². The fourth-order valence-electron chi connectivity index (χ4n) is 4.12. The highest BCUT2D eigenvalue weighted by molar-refractivity contribution is 4.64. The van der Waals surface area contributed by atoms with Crippen LogP contribution in [0.25, 0.3) is 0 Å². The fourth-order valence-corrected chi connectivity index (χ4v) is 4.12. The highest BCUT2D eigenvalue weighted by Gasteiger charge is 2.12. The van der Waals surface area contributed by atoms with Gasteiger partial charge in [-0.2, -0.15) is 0 Å². The maximum Gasteiger partial charge on any atom is -0.0409 e. The van der Waals surface area contributed by atoms with Crippen LogP contribution in [-0.4, -0.2) is 0 Å². The van der Waals surface area contributed by atoms with Gasteiger partial charge >= 0.3 is 0 Å². The maximum atomic E-state index is 2.39. The van der Waals surface area contributed by atoms with Crippen LogP contribution in [0.1, 0.15) is 137 Å². The van der Waals surface area contributed by atoms with Gasteiger partial charge in [-0.3, -0.25) is 0 Å². The van der Waals surface area contributed by atoms with E-state index in [1.807, 2.05) is 0 Å². The van der Waals surface area contributed by atoms with Crippen LogP contribution in [0.5, 0.6) is 0 Å². The van der Waals surface area contributed by atoms with Crippen molar-refractivity contribution in [2.24, 2.45) is 17.8 Å². The minimum atomic E-state index is 0.871. The molecule has 0 unspecified atom stereocenters. The zero-order chi connectivity index (χ0) is 18.0. The van der Waals surface area contributed by atoms with Crippen molar-refractivity contribution >= 4 is 0 Å². The van der Waals surface area contributed by atoms with Gasteiger partial charge in [0.1, 0.15) is 0 Å². The lowest BCUT2D eigenvalue weighted by atomic mass is 9.85. The van der Waals surface area contributed by atoms with Crippen molar-refractivity contribution in [3.05, 3.63) is 0 Å². The molecule has 0 fully saturated rings. The Bertz CT molecular complexity index is 218. The third-order valence-corrected chi connectivity index (χ3v) is 5.33. The molecule has 0 aromatic heterocycles. The summed E-state index contributed by atoms with van der Waals surface area (Å²) in [4.78, 5) is 0. The lowest BCUT2D eigenvalue weighted by molar-refractivity contribution is 0.315. The molecule has 0 rings (SSSR count). The fraction of sp³-hybridized carbons (Fsp3) is 1.00. The van der Waals surface area contributed by atoms with E-state index in [0.29, 0.717) is 0 Å². The lowest BCUT2D eigenvalue weighted by Gasteiger charge is -2.21. The maximum absolute atomic E-state index is 2.39. The first-order valence-corrected chi connectivity index (χ1v) is 11.6. The second kappa shape index (κ2) is 17.8. The molecule has 0 nitrogen and oxygen atoms in total. The molecule has 0 atom stereocenters. The average Bonchev–Trinajstić information content (AvgIpc) is 2.50. The second-order valence-corrected chi connectivity index (χ2v) is 9.16. The SMILES string of the molecule is CCCCCCCCCCCCCCCC(CC(C)C)CC(C)C. The van der Waals surface area contributed by atoms with Crippen molar-refractivity contribution in [2.45, 2.75) is 137 Å². The monoisotopic (exact) mass is 338 g/mol. The van der Waals surface area contributed by atoms with E-state index in [1.54, 1.807) is 0 Å². The molecule has 0 saturated carbocycles. The van der Waals surface area contributed by atoms with E-state index in [2.05, 4.69) is 34.6 Å². The second-order valence-electron chi connectivity index (χ2n) is 9.16. The minimum absolute atomic E-state index is 0.871. The Morgan fingerprint density at radius 2 is 0.792 bits per heavy atom. The van der Waals surface area contributed by atoms with Crippen LogP contribution in [-0.2, 0) is 0 Å². The summed E-state index contributed by atoms with van der Waals surface area (Å²) in [6.07, 6.45) is 23.4. The lowest BCUT2D eigenvalue weighted by Crippen LogP contribution is -2.08. The predicted molar refractivity (Wildman–Crippen MR) is 113 cm³/mol. The quantitative estimate of drug-likeness (QED) is 0.218. The van der Waals surface area contributed by atoms with E-state index in [4.69, 9.17) is 0 Å². The van der Waals surface area contributed by atoms with Crippen molar-refractivity contribution in [3.63, 3.8) is 0 Å². The summed E-state index contributed by atoms with van der Waals surface area (Å²) < 4.78 is 0. The van der Waals surface area contributed by atoms with E-state index in [0.717, 1.165) is 17.8 Å². The Hall–Kier alpha value is 0. The van der Waals surface area contributed by atoms with Gasteiger partial charge < -0.3 is 0 Å². The van der Waals surface area contributed by atoms with Crippen molar-refractivity contribution in [2.75, 3.05) is 0 Å². The van der Waals surface area contributed by atoms with Crippen molar-refractivity contribution in [1.29, 1.82) is 0 Å². The van der Waals surface area contributed by atoms with Crippen molar-refractivity contribution in [3.8, 4) is 0 Å². The summed E-state index contributed by atoms with van der Waals surface area (Å²) in [6.45, 7) is 11.8. The van der Waals surface area contributed by atoms with Crippen LogP contribution in [0.15, 0.2) is 0 Å². The van der Waals surface area contributed by atoms with Crippen molar-refractivity contribution < 1.29 is 0 Å². The molecule has 0 radical (unpaired) electrons. The third-order valence-electron chi connectivity index (χ3n) is 5.33. The van der Waals surface area contributed by atoms with E-state index in [9.17, 15) is 0 Å². The molecule has 0 aliphatic rings. The summed E-state index contributed by atoms with van der Waals surface area (Å²) in [7, 11) is 0. The Balaban J connectivity index is 3.36. The molecule has 146 valence electrons. The Morgan fingerprint density at radius 3 is 1.12 bits per heavy atom. The molecule has 0 spiro atoms. The molecular formula is C24H50. The smallest absolute Gasteiger partial charge is 0.0409 e. The number of hydrogen-bond acceptors (Lipinski definition) is 0. The molecule has 0 amide bonds. The molecule has 0 heteroatoms. The third kappa shape index (κ3) is 18.3. The molecule has 0 aliphatic heterocycles. The Morgan fingerprint density at radius 1 is 0.458 bits per heavy atom. The topological polar surface area (TPSA) is 0 Å². The summed E-state index contributed by atoms with van der Waals surface area (Å²) in [6, 6.07) is 0. The predicted octanol–water partition coefficient (Wildman–Crippen LogP) is 9.18. The number of rotatable bonds is 18. The number of unbranched alkanes of at least 4 members (excludes halogenated alkanes) is 12.